The fraction of sp³-hybridized carbons (Fsp3) is 0.400. The Balaban J connectivity index is 1.65. The topological polar surface area (TPSA) is 89.8 Å². The normalized spacial score (nSPS) is 18.9. The van der Waals surface area contributed by atoms with E-state index in [2.05, 4.69) is 17.9 Å². The molecule has 8 heteroatoms. The maximum Gasteiger partial charge on any atom is 0.165 e. The zero-order valence-corrected chi connectivity index (χ0v) is 19.0. The first kappa shape index (κ1) is 21.8. The second-order valence-corrected chi connectivity index (χ2v) is 8.29. The van der Waals surface area contributed by atoms with E-state index in [0.29, 0.717) is 43.6 Å². The first-order valence-corrected chi connectivity index (χ1v) is 11.3. The van der Waals surface area contributed by atoms with E-state index in [1.165, 1.54) is 0 Å². The van der Waals surface area contributed by atoms with Gasteiger partial charge in [0.05, 0.1) is 57.3 Å². The number of fused-ring (bicyclic) bond motifs is 1. The summed E-state index contributed by atoms with van der Waals surface area (Å²) >= 11 is 0. The Morgan fingerprint density at radius 2 is 2.03 bits per heavy atom. The predicted molar refractivity (Wildman–Crippen MR) is 126 cm³/mol. The molecule has 0 aliphatic carbocycles. The molecule has 1 unspecified atom stereocenters. The van der Waals surface area contributed by atoms with E-state index in [1.54, 1.807) is 7.11 Å². The van der Waals surface area contributed by atoms with Crippen molar-refractivity contribution >= 4 is 22.4 Å². The minimum atomic E-state index is -0.105. The number of pyridine rings is 1. The van der Waals surface area contributed by atoms with Crippen LogP contribution in [0.2, 0.25) is 0 Å². The van der Waals surface area contributed by atoms with Gasteiger partial charge in [-0.05, 0) is 49.2 Å². The summed E-state index contributed by atoms with van der Waals surface area (Å²) in [6.45, 7) is 5.39. The number of benzene rings is 1. The number of rotatable bonds is 5. The first-order chi connectivity index (χ1) is 16.2. The Morgan fingerprint density at radius 3 is 2.79 bits per heavy atom. The van der Waals surface area contributed by atoms with Crippen LogP contribution in [0.1, 0.15) is 24.7 Å². The van der Waals surface area contributed by atoms with Crippen molar-refractivity contribution in [2.24, 2.45) is 0 Å². The maximum atomic E-state index is 9.73. The van der Waals surface area contributed by atoms with Crippen LogP contribution in [0.25, 0.3) is 27.9 Å². The molecule has 8 nitrogen and oxygen atoms in total. The number of morpholine rings is 1. The highest BCUT2D eigenvalue weighted by Gasteiger charge is 2.25. The molecule has 4 heterocycles. The van der Waals surface area contributed by atoms with Gasteiger partial charge in [0.2, 0.25) is 0 Å². The largest absolute Gasteiger partial charge is 0.496 e. The van der Waals surface area contributed by atoms with E-state index in [-0.39, 0.29) is 12.6 Å². The Morgan fingerprint density at radius 1 is 1.12 bits per heavy atom. The van der Waals surface area contributed by atoms with Crippen molar-refractivity contribution < 1.29 is 19.3 Å². The van der Waals surface area contributed by atoms with E-state index in [4.69, 9.17) is 29.2 Å². The molecule has 0 saturated carbocycles. The van der Waals surface area contributed by atoms with Crippen molar-refractivity contribution in [3.8, 4) is 17.0 Å². The fourth-order valence-corrected chi connectivity index (χ4v) is 4.35. The molecule has 0 radical (unpaired) electrons. The first-order valence-electron chi connectivity index (χ1n) is 11.3. The molecule has 3 aromatic rings. The predicted octanol–water partition coefficient (Wildman–Crippen LogP) is 3.22. The Kier molecular flexibility index (Phi) is 6.22. The summed E-state index contributed by atoms with van der Waals surface area (Å²) in [6, 6.07) is 9.94. The highest BCUT2D eigenvalue weighted by atomic mass is 16.5. The van der Waals surface area contributed by atoms with E-state index < -0.39 is 0 Å². The summed E-state index contributed by atoms with van der Waals surface area (Å²) in [5.74, 6) is 2.25. The quantitative estimate of drug-likeness (QED) is 0.636. The van der Waals surface area contributed by atoms with E-state index in [9.17, 15) is 5.11 Å². The molecule has 5 rings (SSSR count). The summed E-state index contributed by atoms with van der Waals surface area (Å²) in [4.78, 5) is 17.1. The van der Waals surface area contributed by atoms with E-state index >= 15 is 0 Å². The molecule has 0 amide bonds. The van der Waals surface area contributed by atoms with Gasteiger partial charge in [0.15, 0.2) is 11.5 Å². The number of anilines is 1. The van der Waals surface area contributed by atoms with Gasteiger partial charge in [-0.15, -0.1) is 0 Å². The van der Waals surface area contributed by atoms with Gasteiger partial charge in [-0.1, -0.05) is 6.08 Å². The molecule has 1 saturated heterocycles. The standard InChI is InChI=1S/C25H28N4O4/c1-16-15-33-12-9-29(16)25-20-4-5-21(18-3-6-22(31-2)19(13-18)14-30)26-24(20)27-23(28-25)17-7-10-32-11-8-17/h3-7,13,16,30H,8-12,14-15H2,1-2H3. The molecular formula is C25H28N4O4. The second kappa shape index (κ2) is 9.43. The van der Waals surface area contributed by atoms with Crippen LogP contribution in [0, 0.1) is 0 Å². The molecule has 2 aromatic heterocycles. The minimum absolute atomic E-state index is 0.105. The van der Waals surface area contributed by atoms with Gasteiger partial charge >= 0.3 is 0 Å². The summed E-state index contributed by atoms with van der Waals surface area (Å²) in [6.07, 6.45) is 2.83. The molecule has 1 atom stereocenters. The zero-order valence-electron chi connectivity index (χ0n) is 19.0. The van der Waals surface area contributed by atoms with Crippen LogP contribution >= 0.6 is 0 Å². The average Bonchev–Trinajstić information content (AvgIpc) is 2.88. The van der Waals surface area contributed by atoms with Crippen LogP contribution in [0.15, 0.2) is 36.4 Å². The fourth-order valence-electron chi connectivity index (χ4n) is 4.35. The number of aliphatic hydroxyl groups excluding tert-OH is 1. The number of ether oxygens (including phenoxy) is 3. The molecule has 2 aliphatic rings. The molecule has 1 fully saturated rings. The van der Waals surface area contributed by atoms with Crippen LogP contribution in [0.3, 0.4) is 0 Å². The van der Waals surface area contributed by atoms with Crippen LogP contribution in [-0.2, 0) is 16.1 Å². The van der Waals surface area contributed by atoms with Crippen molar-refractivity contribution in [2.45, 2.75) is 26.0 Å². The van der Waals surface area contributed by atoms with Gasteiger partial charge < -0.3 is 24.2 Å². The van der Waals surface area contributed by atoms with Crippen molar-refractivity contribution in [2.75, 3.05) is 45.0 Å². The lowest BCUT2D eigenvalue weighted by Crippen LogP contribution is -2.44. The number of aliphatic hydroxyl groups is 1. The van der Waals surface area contributed by atoms with Crippen LogP contribution in [-0.4, -0.2) is 66.2 Å². The third-order valence-electron chi connectivity index (χ3n) is 6.18. The van der Waals surface area contributed by atoms with Gasteiger partial charge in [-0.25, -0.2) is 15.0 Å². The number of methoxy groups -OCH3 is 1. The third-order valence-corrected chi connectivity index (χ3v) is 6.18. The highest BCUT2D eigenvalue weighted by Crippen LogP contribution is 2.32. The molecule has 0 bridgehead atoms. The van der Waals surface area contributed by atoms with Gasteiger partial charge in [0.1, 0.15) is 11.6 Å². The number of hydrogen-bond donors (Lipinski definition) is 1. The molecule has 1 aromatic carbocycles. The number of nitrogens with zero attached hydrogens (tertiary/aromatic N) is 4. The van der Waals surface area contributed by atoms with Crippen LogP contribution < -0.4 is 9.64 Å². The molecule has 172 valence electrons. The Hall–Kier alpha value is -3.07. The lowest BCUT2D eigenvalue weighted by molar-refractivity contribution is 0.0986. The van der Waals surface area contributed by atoms with Gasteiger partial charge in [0, 0.05) is 17.7 Å². The van der Waals surface area contributed by atoms with Gasteiger partial charge in [0.25, 0.3) is 0 Å². The average molecular weight is 449 g/mol. The monoisotopic (exact) mass is 448 g/mol. The summed E-state index contributed by atoms with van der Waals surface area (Å²) < 4.78 is 16.5. The van der Waals surface area contributed by atoms with Gasteiger partial charge in [-0.3, -0.25) is 0 Å². The second-order valence-electron chi connectivity index (χ2n) is 8.29. The van der Waals surface area contributed by atoms with E-state index in [0.717, 1.165) is 46.6 Å². The van der Waals surface area contributed by atoms with Crippen molar-refractivity contribution in [3.05, 3.63) is 47.8 Å². The maximum absolute atomic E-state index is 9.73. The number of hydrogen-bond acceptors (Lipinski definition) is 8. The molecule has 1 N–H and O–H groups in total. The molecule has 33 heavy (non-hydrogen) atoms. The minimum Gasteiger partial charge on any atom is -0.496 e. The highest BCUT2D eigenvalue weighted by molar-refractivity contribution is 5.90. The Bertz CT molecular complexity index is 1200. The lowest BCUT2D eigenvalue weighted by Gasteiger charge is -2.35. The van der Waals surface area contributed by atoms with Crippen LogP contribution in [0.4, 0.5) is 5.82 Å². The SMILES string of the molecule is COc1ccc(-c2ccc3c(N4CCOCC4C)nc(C4=CCOCC4)nc3n2)cc1CO. The number of aromatic nitrogens is 3. The lowest BCUT2D eigenvalue weighted by atomic mass is 10.1. The molecule has 0 spiro atoms. The zero-order chi connectivity index (χ0) is 22.8. The van der Waals surface area contributed by atoms with Crippen molar-refractivity contribution in [3.63, 3.8) is 0 Å². The van der Waals surface area contributed by atoms with Crippen molar-refractivity contribution in [1.29, 1.82) is 0 Å². The molecular weight excluding hydrogens is 420 g/mol. The van der Waals surface area contributed by atoms with Crippen LogP contribution in [0.5, 0.6) is 5.75 Å². The Labute approximate surface area is 192 Å². The van der Waals surface area contributed by atoms with Crippen molar-refractivity contribution in [1.82, 2.24) is 15.0 Å². The summed E-state index contributed by atoms with van der Waals surface area (Å²) in [5.41, 5.74) is 4.14. The smallest absolute Gasteiger partial charge is 0.165 e. The van der Waals surface area contributed by atoms with Gasteiger partial charge in [-0.2, -0.15) is 0 Å². The van der Waals surface area contributed by atoms with E-state index in [1.807, 2.05) is 30.3 Å². The molecule has 2 aliphatic heterocycles. The summed E-state index contributed by atoms with van der Waals surface area (Å²) in [7, 11) is 1.60. The third kappa shape index (κ3) is 4.29. The summed E-state index contributed by atoms with van der Waals surface area (Å²) in [5, 5.41) is 10.6.